The third kappa shape index (κ3) is 4.00. The van der Waals surface area contributed by atoms with E-state index in [-0.39, 0.29) is 17.1 Å². The number of fused-ring (bicyclic) bond motifs is 1. The van der Waals surface area contributed by atoms with Gasteiger partial charge in [-0.05, 0) is 47.7 Å². The normalized spacial score (nSPS) is 12.6. The van der Waals surface area contributed by atoms with E-state index in [1.807, 2.05) is 18.2 Å². The maximum atomic E-state index is 12.5. The molecule has 0 unspecified atom stereocenters. The van der Waals surface area contributed by atoms with Gasteiger partial charge in [0.05, 0.1) is 5.56 Å². The van der Waals surface area contributed by atoms with Crippen LogP contribution in [0.5, 0.6) is 5.75 Å². The molecule has 2 aromatic carbocycles. The number of benzene rings is 2. The molecule has 0 atom stereocenters. The molecule has 0 bridgehead atoms. The van der Waals surface area contributed by atoms with E-state index >= 15 is 0 Å². The third-order valence-electron chi connectivity index (χ3n) is 4.01. The summed E-state index contributed by atoms with van der Waals surface area (Å²) in [7, 11) is 0. The molecule has 0 saturated carbocycles. The molecular weight excluding hydrogens is 343 g/mol. The molecular formula is C20H20F3NO2. The number of ether oxygens (including phenoxy) is 1. The second-order valence-corrected chi connectivity index (χ2v) is 7.35. The monoisotopic (exact) mass is 363 g/mol. The lowest BCUT2D eigenvalue weighted by Crippen LogP contribution is -2.19. The first-order valence-corrected chi connectivity index (χ1v) is 8.24. The summed E-state index contributed by atoms with van der Waals surface area (Å²) in [6.45, 7) is 6.71. The van der Waals surface area contributed by atoms with E-state index in [1.54, 1.807) is 25.1 Å². The molecule has 6 heteroatoms. The van der Waals surface area contributed by atoms with Crippen LogP contribution in [-0.4, -0.2) is 17.8 Å². The fourth-order valence-corrected chi connectivity index (χ4v) is 2.59. The average molecular weight is 363 g/mol. The Morgan fingerprint density at radius 3 is 2.42 bits per heavy atom. The van der Waals surface area contributed by atoms with Gasteiger partial charge in [-0.15, -0.1) is 0 Å². The summed E-state index contributed by atoms with van der Waals surface area (Å²) in [6, 6.07) is 10.7. The Morgan fingerprint density at radius 1 is 1.04 bits per heavy atom. The summed E-state index contributed by atoms with van der Waals surface area (Å²) in [6.07, 6.45) is -4.41. The van der Waals surface area contributed by atoms with E-state index in [4.69, 9.17) is 9.15 Å². The second-order valence-electron chi connectivity index (χ2n) is 7.35. The number of alkyl halides is 3. The van der Waals surface area contributed by atoms with Crippen LogP contribution in [-0.2, 0) is 5.41 Å². The van der Waals surface area contributed by atoms with Crippen LogP contribution in [0, 0.1) is 6.92 Å². The molecule has 0 amide bonds. The van der Waals surface area contributed by atoms with Crippen LogP contribution in [0.3, 0.4) is 0 Å². The highest BCUT2D eigenvalue weighted by Crippen LogP contribution is 2.34. The van der Waals surface area contributed by atoms with Crippen LogP contribution >= 0.6 is 0 Å². The molecule has 1 aromatic heterocycles. The van der Waals surface area contributed by atoms with Crippen molar-refractivity contribution in [3.63, 3.8) is 0 Å². The molecule has 0 aliphatic rings. The molecule has 0 spiro atoms. The van der Waals surface area contributed by atoms with Gasteiger partial charge in [0, 0.05) is 0 Å². The largest absolute Gasteiger partial charge is 0.483 e. The minimum absolute atomic E-state index is 0.0435. The summed E-state index contributed by atoms with van der Waals surface area (Å²) in [5, 5.41) is 0. The van der Waals surface area contributed by atoms with E-state index in [9.17, 15) is 13.2 Å². The molecule has 138 valence electrons. The molecule has 0 saturated heterocycles. The lowest BCUT2D eigenvalue weighted by molar-refractivity contribution is -0.153. The van der Waals surface area contributed by atoms with Crippen molar-refractivity contribution in [3.8, 4) is 17.2 Å². The Bertz CT molecular complexity index is 936. The van der Waals surface area contributed by atoms with Gasteiger partial charge in [0.1, 0.15) is 11.3 Å². The third-order valence-corrected chi connectivity index (χ3v) is 4.01. The molecule has 1 heterocycles. The lowest BCUT2D eigenvalue weighted by atomic mass is 9.87. The standard InChI is InChI=1S/C20H20F3NO2/c1-12-5-7-14(17(9-12)25-11-20(21,22)23)18-24-15-10-13(19(2,3)4)6-8-16(15)26-18/h5-10H,11H2,1-4H3. The van der Waals surface area contributed by atoms with Gasteiger partial charge in [-0.25, -0.2) is 4.98 Å². The molecule has 0 radical (unpaired) electrons. The van der Waals surface area contributed by atoms with Gasteiger partial charge in [0.15, 0.2) is 12.2 Å². The predicted molar refractivity (Wildman–Crippen MR) is 94.4 cm³/mol. The summed E-state index contributed by atoms with van der Waals surface area (Å²) in [4.78, 5) is 4.46. The van der Waals surface area contributed by atoms with Gasteiger partial charge < -0.3 is 9.15 Å². The predicted octanol–water partition coefficient (Wildman–Crippen LogP) is 6.04. The van der Waals surface area contributed by atoms with Crippen LogP contribution in [0.25, 0.3) is 22.6 Å². The fourth-order valence-electron chi connectivity index (χ4n) is 2.59. The van der Waals surface area contributed by atoms with Crippen molar-refractivity contribution in [1.82, 2.24) is 4.98 Å². The summed E-state index contributed by atoms with van der Waals surface area (Å²) in [5.41, 5.74) is 3.48. The number of halogens is 3. The Labute approximate surface area is 149 Å². The molecule has 3 aromatic rings. The highest BCUT2D eigenvalue weighted by atomic mass is 19.4. The minimum atomic E-state index is -4.41. The van der Waals surface area contributed by atoms with Crippen molar-refractivity contribution in [3.05, 3.63) is 47.5 Å². The number of oxazole rings is 1. The summed E-state index contributed by atoms with van der Waals surface area (Å²) in [5.74, 6) is 0.341. The molecule has 3 nitrogen and oxygen atoms in total. The van der Waals surface area contributed by atoms with Crippen molar-refractivity contribution >= 4 is 11.1 Å². The van der Waals surface area contributed by atoms with Gasteiger partial charge in [0.25, 0.3) is 0 Å². The van der Waals surface area contributed by atoms with E-state index in [0.29, 0.717) is 16.7 Å². The molecule has 26 heavy (non-hydrogen) atoms. The van der Waals surface area contributed by atoms with Crippen molar-refractivity contribution in [2.24, 2.45) is 0 Å². The number of aryl methyl sites for hydroxylation is 1. The number of aromatic nitrogens is 1. The molecule has 0 aliphatic heterocycles. The summed E-state index contributed by atoms with van der Waals surface area (Å²) >= 11 is 0. The van der Waals surface area contributed by atoms with Crippen molar-refractivity contribution < 1.29 is 22.3 Å². The molecule has 3 rings (SSSR count). The first-order valence-electron chi connectivity index (χ1n) is 8.24. The van der Waals surface area contributed by atoms with Gasteiger partial charge >= 0.3 is 6.18 Å². The molecule has 0 fully saturated rings. The van der Waals surface area contributed by atoms with E-state index in [2.05, 4.69) is 25.8 Å². The van der Waals surface area contributed by atoms with Gasteiger partial charge in [-0.2, -0.15) is 13.2 Å². The maximum absolute atomic E-state index is 12.5. The van der Waals surface area contributed by atoms with Gasteiger partial charge in [0.2, 0.25) is 5.89 Å². The smallest absolute Gasteiger partial charge is 0.422 e. The van der Waals surface area contributed by atoms with E-state index in [1.165, 1.54) is 0 Å². The van der Waals surface area contributed by atoms with Crippen LogP contribution in [0.1, 0.15) is 31.9 Å². The minimum Gasteiger partial charge on any atom is -0.483 e. The SMILES string of the molecule is Cc1ccc(-c2nc3cc(C(C)(C)C)ccc3o2)c(OCC(F)(F)F)c1. The van der Waals surface area contributed by atoms with E-state index in [0.717, 1.165) is 11.1 Å². The Balaban J connectivity index is 2.03. The molecule has 0 aliphatic carbocycles. The van der Waals surface area contributed by atoms with Crippen LogP contribution in [0.2, 0.25) is 0 Å². The van der Waals surface area contributed by atoms with Crippen LogP contribution < -0.4 is 4.74 Å². The number of hydrogen-bond donors (Lipinski definition) is 0. The second kappa shape index (κ2) is 6.34. The number of nitrogens with zero attached hydrogens (tertiary/aromatic N) is 1. The first kappa shape index (κ1) is 18.3. The Hall–Kier alpha value is -2.50. The lowest BCUT2D eigenvalue weighted by Gasteiger charge is -2.18. The van der Waals surface area contributed by atoms with Gasteiger partial charge in [-0.1, -0.05) is 32.9 Å². The topological polar surface area (TPSA) is 35.3 Å². The quantitative estimate of drug-likeness (QED) is 0.569. The maximum Gasteiger partial charge on any atom is 0.422 e. The molecule has 0 N–H and O–H groups in total. The average Bonchev–Trinajstić information content (AvgIpc) is 2.94. The zero-order chi connectivity index (χ0) is 19.1. The van der Waals surface area contributed by atoms with Crippen LogP contribution in [0.15, 0.2) is 40.8 Å². The Morgan fingerprint density at radius 2 is 1.77 bits per heavy atom. The zero-order valence-corrected chi connectivity index (χ0v) is 15.1. The van der Waals surface area contributed by atoms with Crippen molar-refractivity contribution in [1.29, 1.82) is 0 Å². The number of rotatable bonds is 3. The van der Waals surface area contributed by atoms with Crippen molar-refractivity contribution in [2.45, 2.75) is 39.3 Å². The highest BCUT2D eigenvalue weighted by Gasteiger charge is 2.29. The Kier molecular flexibility index (Phi) is 4.46. The summed E-state index contributed by atoms with van der Waals surface area (Å²) < 4.78 is 48.4. The zero-order valence-electron chi connectivity index (χ0n) is 15.1. The highest BCUT2D eigenvalue weighted by molar-refractivity contribution is 5.78. The van der Waals surface area contributed by atoms with Crippen molar-refractivity contribution in [2.75, 3.05) is 6.61 Å². The fraction of sp³-hybridized carbons (Fsp3) is 0.350. The van der Waals surface area contributed by atoms with E-state index < -0.39 is 12.8 Å². The van der Waals surface area contributed by atoms with Gasteiger partial charge in [-0.3, -0.25) is 0 Å². The van der Waals surface area contributed by atoms with Crippen LogP contribution in [0.4, 0.5) is 13.2 Å². The number of hydrogen-bond acceptors (Lipinski definition) is 3. The first-order chi connectivity index (χ1) is 12.0.